The molecule has 3 aromatic rings. The van der Waals surface area contributed by atoms with Gasteiger partial charge in [0.25, 0.3) is 0 Å². The average Bonchev–Trinajstić information content (AvgIpc) is 2.93. The van der Waals surface area contributed by atoms with Crippen LogP contribution in [0, 0.1) is 0 Å². The lowest BCUT2D eigenvalue weighted by atomic mass is 10.1. The van der Waals surface area contributed by atoms with Gasteiger partial charge in [-0.1, -0.05) is 42.5 Å². The summed E-state index contributed by atoms with van der Waals surface area (Å²) in [5.74, 6) is 0. The fourth-order valence-electron chi connectivity index (χ4n) is 3.35. The Kier molecular flexibility index (Phi) is 3.79. The fraction of sp³-hybridized carbons (Fsp3) is 0.316. The molecule has 1 aliphatic heterocycles. The van der Waals surface area contributed by atoms with Crippen LogP contribution in [0.25, 0.3) is 21.8 Å². The van der Waals surface area contributed by atoms with E-state index in [0.29, 0.717) is 0 Å². The highest BCUT2D eigenvalue weighted by molar-refractivity contribution is 7.80. The summed E-state index contributed by atoms with van der Waals surface area (Å²) < 4.78 is 0. The molecule has 0 atom stereocenters. The molecule has 118 valence electrons. The van der Waals surface area contributed by atoms with Crippen LogP contribution in [-0.2, 0) is 6.42 Å². The number of rotatable bonds is 2. The number of aromatic amines is 1. The van der Waals surface area contributed by atoms with E-state index >= 15 is 0 Å². The highest BCUT2D eigenvalue weighted by atomic mass is 32.1. The predicted octanol–water partition coefficient (Wildman–Crippen LogP) is 3.44. The quantitative estimate of drug-likeness (QED) is 0.731. The minimum absolute atomic E-state index is 0.852. The average molecular weight is 323 g/mol. The number of fused-ring (bicyclic) bond motifs is 3. The van der Waals surface area contributed by atoms with Crippen LogP contribution in [0.4, 0.5) is 0 Å². The standard InChI is InChI=1S/C19H21N3S/c1-21-8-10-22(11-9-21)19(23)13-14-6-7-16-15-4-2-3-5-17(15)20-18(16)12-14/h2-7,12,20H,8-11,13H2,1H3. The number of benzene rings is 2. The minimum atomic E-state index is 0.852. The molecule has 0 radical (unpaired) electrons. The van der Waals surface area contributed by atoms with Gasteiger partial charge in [0.05, 0.1) is 4.99 Å². The van der Waals surface area contributed by atoms with Gasteiger partial charge in [-0.15, -0.1) is 0 Å². The number of nitrogens with zero attached hydrogens (tertiary/aromatic N) is 2. The Balaban J connectivity index is 1.57. The van der Waals surface area contributed by atoms with Crippen molar-refractivity contribution >= 4 is 39.0 Å². The van der Waals surface area contributed by atoms with Crippen LogP contribution in [0.2, 0.25) is 0 Å². The first kappa shape index (κ1) is 14.7. The number of hydrogen-bond donors (Lipinski definition) is 1. The fourth-order valence-corrected chi connectivity index (χ4v) is 3.70. The molecule has 0 aliphatic carbocycles. The van der Waals surface area contributed by atoms with Crippen molar-refractivity contribution in [2.45, 2.75) is 6.42 Å². The number of aromatic nitrogens is 1. The minimum Gasteiger partial charge on any atom is -0.363 e. The Hall–Kier alpha value is -1.91. The molecule has 2 heterocycles. The molecule has 4 heteroatoms. The zero-order valence-corrected chi connectivity index (χ0v) is 14.2. The summed E-state index contributed by atoms with van der Waals surface area (Å²) in [7, 11) is 2.17. The van der Waals surface area contributed by atoms with E-state index in [-0.39, 0.29) is 0 Å². The van der Waals surface area contributed by atoms with Crippen LogP contribution in [0.15, 0.2) is 42.5 Å². The van der Waals surface area contributed by atoms with Gasteiger partial charge in [-0.2, -0.15) is 0 Å². The Morgan fingerprint density at radius 2 is 1.74 bits per heavy atom. The first-order valence-electron chi connectivity index (χ1n) is 8.16. The number of hydrogen-bond acceptors (Lipinski definition) is 2. The Morgan fingerprint density at radius 1 is 1.00 bits per heavy atom. The van der Waals surface area contributed by atoms with Crippen molar-refractivity contribution < 1.29 is 0 Å². The molecule has 1 N–H and O–H groups in total. The molecular weight excluding hydrogens is 302 g/mol. The molecule has 1 fully saturated rings. The first-order valence-corrected chi connectivity index (χ1v) is 8.57. The molecule has 23 heavy (non-hydrogen) atoms. The molecule has 1 saturated heterocycles. The van der Waals surface area contributed by atoms with Crippen molar-refractivity contribution in [2.75, 3.05) is 33.2 Å². The largest absolute Gasteiger partial charge is 0.363 e. The number of piperazine rings is 1. The van der Waals surface area contributed by atoms with Gasteiger partial charge in [0.15, 0.2) is 0 Å². The summed E-state index contributed by atoms with van der Waals surface area (Å²) in [5, 5.41) is 2.57. The summed E-state index contributed by atoms with van der Waals surface area (Å²) in [6.07, 6.45) is 0.852. The second-order valence-electron chi connectivity index (χ2n) is 6.41. The summed E-state index contributed by atoms with van der Waals surface area (Å²) in [6, 6.07) is 15.1. The van der Waals surface area contributed by atoms with Gasteiger partial charge < -0.3 is 14.8 Å². The normalized spacial score (nSPS) is 16.3. The third kappa shape index (κ3) is 2.84. The molecule has 0 bridgehead atoms. The summed E-state index contributed by atoms with van der Waals surface area (Å²) in [4.78, 5) is 9.29. The van der Waals surface area contributed by atoms with E-state index in [1.807, 2.05) is 0 Å². The molecule has 3 nitrogen and oxygen atoms in total. The smallest absolute Gasteiger partial charge is 0.0824 e. The summed E-state index contributed by atoms with van der Waals surface area (Å²) >= 11 is 5.68. The second-order valence-corrected chi connectivity index (χ2v) is 6.88. The zero-order chi connectivity index (χ0) is 15.8. The second kappa shape index (κ2) is 5.95. The molecule has 0 spiro atoms. The molecule has 0 unspecified atom stereocenters. The van der Waals surface area contributed by atoms with E-state index in [0.717, 1.165) is 37.6 Å². The Bertz CT molecular complexity index is 859. The lowest BCUT2D eigenvalue weighted by Crippen LogP contribution is -2.47. The van der Waals surface area contributed by atoms with Crippen molar-refractivity contribution in [2.24, 2.45) is 0 Å². The molecule has 1 aliphatic rings. The lowest BCUT2D eigenvalue weighted by Gasteiger charge is -2.34. The molecular formula is C19H21N3S. The van der Waals surface area contributed by atoms with Crippen LogP contribution >= 0.6 is 12.2 Å². The van der Waals surface area contributed by atoms with Gasteiger partial charge >= 0.3 is 0 Å². The first-order chi connectivity index (χ1) is 11.2. The van der Waals surface area contributed by atoms with Gasteiger partial charge in [-0.05, 0) is 24.7 Å². The van der Waals surface area contributed by atoms with Crippen molar-refractivity contribution in [3.05, 3.63) is 48.0 Å². The van der Waals surface area contributed by atoms with Gasteiger partial charge in [0.2, 0.25) is 0 Å². The molecule has 0 saturated carbocycles. The zero-order valence-electron chi connectivity index (χ0n) is 13.4. The Labute approximate surface area is 141 Å². The van der Waals surface area contributed by atoms with Crippen LogP contribution in [0.5, 0.6) is 0 Å². The van der Waals surface area contributed by atoms with Crippen molar-refractivity contribution in [3.63, 3.8) is 0 Å². The van der Waals surface area contributed by atoms with E-state index in [1.54, 1.807) is 0 Å². The van der Waals surface area contributed by atoms with Gasteiger partial charge in [0.1, 0.15) is 0 Å². The van der Waals surface area contributed by atoms with Crippen molar-refractivity contribution in [1.29, 1.82) is 0 Å². The molecule has 1 aromatic heterocycles. The maximum absolute atomic E-state index is 5.68. The maximum atomic E-state index is 5.68. The number of nitrogens with one attached hydrogen (secondary N) is 1. The number of likely N-dealkylation sites (N-methyl/N-ethyl adjacent to an activating group) is 1. The highest BCUT2D eigenvalue weighted by Gasteiger charge is 2.16. The van der Waals surface area contributed by atoms with E-state index in [1.165, 1.54) is 27.4 Å². The monoisotopic (exact) mass is 323 g/mol. The van der Waals surface area contributed by atoms with Crippen LogP contribution in [-0.4, -0.2) is 53.0 Å². The molecule has 4 rings (SSSR count). The van der Waals surface area contributed by atoms with Crippen LogP contribution < -0.4 is 0 Å². The maximum Gasteiger partial charge on any atom is 0.0824 e. The molecule has 0 amide bonds. The number of H-pyrrole nitrogens is 1. The lowest BCUT2D eigenvalue weighted by molar-refractivity contribution is 0.216. The summed E-state index contributed by atoms with van der Waals surface area (Å²) in [5.41, 5.74) is 3.68. The van der Waals surface area contributed by atoms with Gasteiger partial charge in [-0.25, -0.2) is 0 Å². The van der Waals surface area contributed by atoms with Crippen molar-refractivity contribution in [1.82, 2.24) is 14.8 Å². The van der Waals surface area contributed by atoms with E-state index in [4.69, 9.17) is 12.2 Å². The number of thiocarbonyl (C=S) groups is 1. The SMILES string of the molecule is CN1CCN(C(=S)Cc2ccc3c(c2)[nH]c2ccccc23)CC1. The Morgan fingerprint density at radius 3 is 2.57 bits per heavy atom. The van der Waals surface area contributed by atoms with Gasteiger partial charge in [0, 0.05) is 54.4 Å². The third-order valence-electron chi connectivity index (χ3n) is 4.78. The van der Waals surface area contributed by atoms with Crippen molar-refractivity contribution in [3.8, 4) is 0 Å². The predicted molar refractivity (Wildman–Crippen MR) is 101 cm³/mol. The summed E-state index contributed by atoms with van der Waals surface area (Å²) in [6.45, 7) is 4.29. The van der Waals surface area contributed by atoms with Gasteiger partial charge in [-0.3, -0.25) is 0 Å². The van der Waals surface area contributed by atoms with E-state index in [2.05, 4.69) is 64.3 Å². The molecule has 2 aromatic carbocycles. The highest BCUT2D eigenvalue weighted by Crippen LogP contribution is 2.26. The van der Waals surface area contributed by atoms with E-state index in [9.17, 15) is 0 Å². The van der Waals surface area contributed by atoms with Crippen LogP contribution in [0.1, 0.15) is 5.56 Å². The van der Waals surface area contributed by atoms with Crippen LogP contribution in [0.3, 0.4) is 0 Å². The third-order valence-corrected chi connectivity index (χ3v) is 5.18. The number of para-hydroxylation sites is 1. The van der Waals surface area contributed by atoms with E-state index < -0.39 is 0 Å². The topological polar surface area (TPSA) is 22.3 Å².